The number of nitrogens with one attached hydrogen (secondary N) is 3. The average molecular weight is 848 g/mol. The van der Waals surface area contributed by atoms with Gasteiger partial charge >= 0.3 is 17.8 Å². The smallest absolute Gasteiger partial charge is 0.416 e. The van der Waals surface area contributed by atoms with Crippen molar-refractivity contribution in [2.45, 2.75) is 39.4 Å². The van der Waals surface area contributed by atoms with Gasteiger partial charge < -0.3 is 39.6 Å². The number of anilines is 2. The molecule has 0 aliphatic carbocycles. The van der Waals surface area contributed by atoms with Crippen molar-refractivity contribution in [1.29, 1.82) is 5.26 Å². The highest BCUT2D eigenvalue weighted by molar-refractivity contribution is 7.94. The first-order valence-corrected chi connectivity index (χ1v) is 20.1. The Kier molecular flexibility index (Phi) is 21.8. The topological polar surface area (TPSA) is 258 Å². The van der Waals surface area contributed by atoms with Gasteiger partial charge in [0.15, 0.2) is 0 Å². The SMILES string of the molecule is CCNc1nc(Cl)nc(NC(C)(C)C#N)n1.CCOc1cc(Oc2ccc(C(F)(F)F)cc2Cl)ccc1[N+](=O)[O-].C[S+](C)C.O=C(O)CNCP(=O)([O-])O. The summed E-state index contributed by atoms with van der Waals surface area (Å²) in [7, 11) is -3.71. The molecule has 1 unspecified atom stereocenters. The number of aliphatic carboxylic acids is 1. The van der Waals surface area contributed by atoms with Crippen molar-refractivity contribution in [2.24, 2.45) is 0 Å². The van der Waals surface area contributed by atoms with Gasteiger partial charge in [-0.2, -0.15) is 33.4 Å². The Balaban J connectivity index is 0.000000805. The van der Waals surface area contributed by atoms with E-state index in [0.717, 1.165) is 18.2 Å². The standard InChI is InChI=1S/C15H11ClF3NO4.C9H13ClN6.C3H8NO5P.C3H9S/c1-2-23-14-8-10(4-5-12(14)20(21)22)24-13-6-3-9(7-11(13)16)15(17,18)19;1-4-12-7-13-6(10)14-8(15-7)16-9(2,3)5-11;5-3(6)1-4-2-10(7,8)9;1-4(2)3/h3-8H,2H2,1H3;4H2,1-3H3,(H2,12,13,14,15,16);4H,1-2H2,(H,5,6)(H2,7,8,9);1-3H3/q;;;+1/p-1. The third-order valence-corrected chi connectivity index (χ3v) is 6.24. The van der Waals surface area contributed by atoms with Crippen molar-refractivity contribution in [3.05, 3.63) is 62.4 Å². The minimum atomic E-state index is -4.52. The molecule has 0 radical (unpaired) electrons. The number of halogens is 5. The lowest BCUT2D eigenvalue weighted by molar-refractivity contribution is -0.385. The third kappa shape index (κ3) is 22.1. The summed E-state index contributed by atoms with van der Waals surface area (Å²) in [5, 5.41) is 35.4. The number of rotatable bonds is 13. The number of alkyl halides is 3. The second-order valence-electron chi connectivity index (χ2n) is 11.0. The minimum Gasteiger partial charge on any atom is -0.778 e. The quantitative estimate of drug-likeness (QED) is 0.0590. The fourth-order valence-corrected chi connectivity index (χ4v) is 3.90. The van der Waals surface area contributed by atoms with E-state index in [4.69, 9.17) is 47.9 Å². The van der Waals surface area contributed by atoms with Crippen LogP contribution in [-0.4, -0.2) is 86.1 Å². The zero-order valence-corrected chi connectivity index (χ0v) is 33.2. The summed E-state index contributed by atoms with van der Waals surface area (Å²) in [5.74, 6) is -0.385. The van der Waals surface area contributed by atoms with Crippen molar-refractivity contribution in [2.75, 3.05) is 55.4 Å². The number of benzene rings is 2. The lowest BCUT2D eigenvalue weighted by atomic mass is 10.1. The summed E-state index contributed by atoms with van der Waals surface area (Å²) >= 11 is 11.5. The zero-order chi connectivity index (χ0) is 41.9. The van der Waals surface area contributed by atoms with Crippen molar-refractivity contribution >= 4 is 65.2 Å². The molecule has 0 saturated carbocycles. The molecule has 24 heteroatoms. The molecule has 1 heterocycles. The van der Waals surface area contributed by atoms with Gasteiger partial charge in [0.1, 0.15) is 24.6 Å². The van der Waals surface area contributed by atoms with Gasteiger partial charge in [0.2, 0.25) is 22.9 Å². The number of nitro benzene ring substituents is 1. The van der Waals surface area contributed by atoms with Crippen LogP contribution in [0.25, 0.3) is 0 Å². The Hall–Kier alpha value is -4.16. The largest absolute Gasteiger partial charge is 0.778 e. The van der Waals surface area contributed by atoms with Gasteiger partial charge in [0.05, 0.1) is 59.8 Å². The molecule has 0 saturated heterocycles. The van der Waals surface area contributed by atoms with Crippen LogP contribution in [0.4, 0.5) is 30.8 Å². The number of ether oxygens (including phenoxy) is 2. The zero-order valence-electron chi connectivity index (χ0n) is 30.0. The summed E-state index contributed by atoms with van der Waals surface area (Å²) in [5.41, 5.74) is -1.91. The highest BCUT2D eigenvalue weighted by Gasteiger charge is 2.31. The highest BCUT2D eigenvalue weighted by Crippen LogP contribution is 2.38. The first-order valence-electron chi connectivity index (χ1n) is 15.1. The Morgan fingerprint density at radius 3 is 2.13 bits per heavy atom. The molecular weight excluding hydrogens is 807 g/mol. The molecular formula is C30H40Cl2F3N8O9PS. The van der Waals surface area contributed by atoms with E-state index in [0.29, 0.717) is 23.4 Å². The number of carboxylic acids is 1. The number of hydrogen-bond donors (Lipinski definition) is 5. The lowest BCUT2D eigenvalue weighted by Gasteiger charge is -2.17. The van der Waals surface area contributed by atoms with E-state index < -0.39 is 48.6 Å². The average Bonchev–Trinajstić information content (AvgIpc) is 3.01. The number of aromatic nitrogens is 3. The molecule has 1 atom stereocenters. The second-order valence-corrected chi connectivity index (χ2v) is 15.8. The lowest BCUT2D eigenvalue weighted by Crippen LogP contribution is -2.29. The molecule has 0 amide bonds. The molecule has 2 aromatic carbocycles. The fraction of sp³-hybridized carbons (Fsp3) is 0.433. The number of nitriles is 1. The summed E-state index contributed by atoms with van der Waals surface area (Å²) in [6.45, 7) is 7.42. The maximum atomic E-state index is 12.6. The third-order valence-electron chi connectivity index (χ3n) is 5.15. The van der Waals surface area contributed by atoms with Crippen molar-refractivity contribution in [1.82, 2.24) is 20.3 Å². The van der Waals surface area contributed by atoms with Crippen LogP contribution in [0.5, 0.6) is 17.2 Å². The molecule has 54 heavy (non-hydrogen) atoms. The van der Waals surface area contributed by atoms with E-state index in [-0.39, 0.29) is 45.8 Å². The van der Waals surface area contributed by atoms with Crippen LogP contribution in [0.3, 0.4) is 0 Å². The Morgan fingerprint density at radius 1 is 1.07 bits per heavy atom. The predicted molar refractivity (Wildman–Crippen MR) is 199 cm³/mol. The first kappa shape index (κ1) is 49.8. The van der Waals surface area contributed by atoms with E-state index in [1.807, 2.05) is 12.2 Å². The molecule has 300 valence electrons. The van der Waals surface area contributed by atoms with Crippen LogP contribution in [-0.2, 0) is 26.4 Å². The van der Waals surface area contributed by atoms with Gasteiger partial charge in [-0.05, 0) is 74.5 Å². The minimum absolute atomic E-state index is 0.0111. The van der Waals surface area contributed by atoms with E-state index >= 15 is 0 Å². The number of carbonyl (C=O) groups is 1. The summed E-state index contributed by atoms with van der Waals surface area (Å²) in [6.07, 6.45) is 1.36. The Morgan fingerprint density at radius 2 is 1.67 bits per heavy atom. The number of carboxylic acid groups (broad SMARTS) is 1. The van der Waals surface area contributed by atoms with Crippen LogP contribution >= 0.6 is 30.8 Å². The van der Waals surface area contributed by atoms with Crippen molar-refractivity contribution < 1.29 is 51.8 Å². The first-order chi connectivity index (χ1) is 24.8. The molecule has 0 fully saturated rings. The molecule has 0 spiro atoms. The normalized spacial score (nSPS) is 11.8. The van der Waals surface area contributed by atoms with Crippen LogP contribution in [0.1, 0.15) is 33.3 Å². The van der Waals surface area contributed by atoms with Gasteiger partial charge in [-0.15, -0.1) is 0 Å². The van der Waals surface area contributed by atoms with Gasteiger partial charge in [-0.3, -0.25) is 20.2 Å². The Labute approximate surface area is 322 Å². The Bertz CT molecular complexity index is 1770. The van der Waals surface area contributed by atoms with E-state index in [1.54, 1.807) is 20.8 Å². The van der Waals surface area contributed by atoms with Gasteiger partial charge in [0.25, 0.3) is 0 Å². The van der Waals surface area contributed by atoms with Gasteiger partial charge in [0, 0.05) is 18.7 Å². The molecule has 0 aliphatic heterocycles. The van der Waals surface area contributed by atoms with Gasteiger partial charge in [-0.25, -0.2) is 0 Å². The summed E-state index contributed by atoms with van der Waals surface area (Å²) < 4.78 is 58.3. The maximum absolute atomic E-state index is 12.6. The van der Waals surface area contributed by atoms with E-state index in [9.17, 15) is 37.5 Å². The molecule has 3 aromatic rings. The van der Waals surface area contributed by atoms with E-state index in [1.165, 1.54) is 18.2 Å². The molecule has 5 N–H and O–H groups in total. The van der Waals surface area contributed by atoms with Crippen molar-refractivity contribution in [3.8, 4) is 23.3 Å². The molecule has 0 aliphatic rings. The summed E-state index contributed by atoms with van der Waals surface area (Å²) in [4.78, 5) is 49.9. The second kappa shape index (κ2) is 23.6. The summed E-state index contributed by atoms with van der Waals surface area (Å²) in [6, 6.07) is 8.49. The van der Waals surface area contributed by atoms with Gasteiger partial charge in [-0.1, -0.05) is 11.6 Å². The van der Waals surface area contributed by atoms with Crippen LogP contribution in [0.2, 0.25) is 10.3 Å². The highest BCUT2D eigenvalue weighted by atomic mass is 35.5. The maximum Gasteiger partial charge on any atom is 0.416 e. The molecule has 3 rings (SSSR count). The molecule has 0 bridgehead atoms. The van der Waals surface area contributed by atoms with Crippen molar-refractivity contribution in [3.63, 3.8) is 0 Å². The number of nitro groups is 1. The predicted octanol–water partition coefficient (Wildman–Crippen LogP) is 5.79. The molecule has 1 aromatic heterocycles. The number of nitrogens with zero attached hydrogens (tertiary/aromatic N) is 5. The van der Waals surface area contributed by atoms with Crippen LogP contribution in [0.15, 0.2) is 36.4 Å². The molecule has 17 nitrogen and oxygen atoms in total. The van der Waals surface area contributed by atoms with Crippen LogP contribution < -0.4 is 30.3 Å². The van der Waals surface area contributed by atoms with E-state index in [2.05, 4.69) is 50.4 Å². The monoisotopic (exact) mass is 846 g/mol. The number of hydrogen-bond acceptors (Lipinski definition) is 14. The fourth-order valence-electron chi connectivity index (χ4n) is 3.12. The van der Waals surface area contributed by atoms with Crippen LogP contribution in [0, 0.1) is 21.4 Å².